The maximum absolute atomic E-state index is 5.65. The van der Waals surface area contributed by atoms with E-state index in [2.05, 4.69) is 37.3 Å². The van der Waals surface area contributed by atoms with Gasteiger partial charge in [0.1, 0.15) is 5.84 Å². The van der Waals surface area contributed by atoms with Gasteiger partial charge in [0.15, 0.2) is 0 Å². The molecule has 1 saturated carbocycles. The highest BCUT2D eigenvalue weighted by atomic mass is 79.9. The van der Waals surface area contributed by atoms with Crippen molar-refractivity contribution in [2.75, 3.05) is 0 Å². The van der Waals surface area contributed by atoms with Gasteiger partial charge in [0.25, 0.3) is 0 Å². The minimum atomic E-state index is 0.395. The van der Waals surface area contributed by atoms with E-state index in [1.165, 1.54) is 38.5 Å². The number of amidine groups is 1. The summed E-state index contributed by atoms with van der Waals surface area (Å²) in [6, 6.07) is 6.45. The number of halogens is 2. The Bertz CT molecular complexity index is 432. The molecule has 2 rings (SSSR count). The molecule has 3 nitrogen and oxygen atoms in total. The van der Waals surface area contributed by atoms with Crippen LogP contribution in [0, 0.1) is 0 Å². The molecule has 1 aromatic rings. The summed E-state index contributed by atoms with van der Waals surface area (Å²) >= 11 is 6.99. The Morgan fingerprint density at radius 3 is 2.16 bits per heavy atom. The second-order valence-electron chi connectivity index (χ2n) is 4.93. The zero-order chi connectivity index (χ0) is 13.7. The monoisotopic (exact) mass is 387 g/mol. The Labute approximate surface area is 131 Å². The SMILES string of the molecule is NNC(=NC1CCCCCC1)c1cc(Br)cc(Br)c1. The molecule has 0 bridgehead atoms. The van der Waals surface area contributed by atoms with Crippen molar-refractivity contribution in [3.8, 4) is 0 Å². The van der Waals surface area contributed by atoms with Crippen LogP contribution in [0.3, 0.4) is 0 Å². The van der Waals surface area contributed by atoms with Crippen molar-refractivity contribution >= 4 is 37.7 Å². The van der Waals surface area contributed by atoms with Crippen LogP contribution in [-0.4, -0.2) is 11.9 Å². The van der Waals surface area contributed by atoms with Gasteiger partial charge in [-0.3, -0.25) is 4.99 Å². The van der Waals surface area contributed by atoms with Gasteiger partial charge >= 0.3 is 0 Å². The molecule has 0 atom stereocenters. The normalized spacial score (nSPS) is 18.2. The van der Waals surface area contributed by atoms with Crippen LogP contribution in [0.4, 0.5) is 0 Å². The average molecular weight is 389 g/mol. The van der Waals surface area contributed by atoms with Crippen LogP contribution < -0.4 is 11.3 Å². The minimum absolute atomic E-state index is 0.395. The van der Waals surface area contributed by atoms with Gasteiger partial charge in [0.05, 0.1) is 6.04 Å². The first-order chi connectivity index (χ1) is 9.19. The van der Waals surface area contributed by atoms with Crippen molar-refractivity contribution in [3.63, 3.8) is 0 Å². The van der Waals surface area contributed by atoms with E-state index in [0.29, 0.717) is 6.04 Å². The molecule has 1 aliphatic rings. The molecule has 19 heavy (non-hydrogen) atoms. The number of nitrogens with two attached hydrogens (primary N) is 1. The lowest BCUT2D eigenvalue weighted by Gasteiger charge is -2.13. The summed E-state index contributed by atoms with van der Waals surface area (Å²) in [6.45, 7) is 0. The van der Waals surface area contributed by atoms with Gasteiger partial charge in [-0.1, -0.05) is 57.5 Å². The summed E-state index contributed by atoms with van der Waals surface area (Å²) in [7, 11) is 0. The van der Waals surface area contributed by atoms with Gasteiger partial charge in [-0.05, 0) is 31.0 Å². The zero-order valence-electron chi connectivity index (χ0n) is 10.8. The molecule has 0 saturated heterocycles. The van der Waals surface area contributed by atoms with Gasteiger partial charge < -0.3 is 5.43 Å². The number of hydrogen-bond acceptors (Lipinski definition) is 2. The smallest absolute Gasteiger partial charge is 0.142 e. The van der Waals surface area contributed by atoms with Crippen LogP contribution in [0.25, 0.3) is 0 Å². The Balaban J connectivity index is 2.22. The summed E-state index contributed by atoms with van der Waals surface area (Å²) in [6.07, 6.45) is 7.54. The number of nitrogens with zero attached hydrogens (tertiary/aromatic N) is 1. The molecule has 0 unspecified atom stereocenters. The molecule has 0 radical (unpaired) electrons. The highest BCUT2D eigenvalue weighted by Gasteiger charge is 2.13. The maximum Gasteiger partial charge on any atom is 0.142 e. The number of nitrogens with one attached hydrogen (secondary N) is 1. The first-order valence-electron chi connectivity index (χ1n) is 6.70. The van der Waals surface area contributed by atoms with Crippen LogP contribution in [0.2, 0.25) is 0 Å². The second-order valence-corrected chi connectivity index (χ2v) is 6.76. The summed E-state index contributed by atoms with van der Waals surface area (Å²) in [5, 5.41) is 0. The van der Waals surface area contributed by atoms with Crippen molar-refractivity contribution in [1.29, 1.82) is 0 Å². The van der Waals surface area contributed by atoms with Crippen LogP contribution >= 0.6 is 31.9 Å². The number of rotatable bonds is 2. The third-order valence-corrected chi connectivity index (χ3v) is 4.32. The lowest BCUT2D eigenvalue weighted by atomic mass is 10.1. The minimum Gasteiger partial charge on any atom is -0.308 e. The lowest BCUT2D eigenvalue weighted by Crippen LogP contribution is -2.32. The fourth-order valence-electron chi connectivity index (χ4n) is 2.46. The molecular weight excluding hydrogens is 370 g/mol. The molecule has 0 spiro atoms. The fourth-order valence-corrected chi connectivity index (χ4v) is 3.75. The predicted molar refractivity (Wildman–Crippen MR) is 87.2 cm³/mol. The molecule has 0 aliphatic heterocycles. The van der Waals surface area contributed by atoms with Crippen molar-refractivity contribution < 1.29 is 0 Å². The molecule has 1 fully saturated rings. The van der Waals surface area contributed by atoms with Gasteiger partial charge in [-0.2, -0.15) is 0 Å². The Morgan fingerprint density at radius 2 is 1.63 bits per heavy atom. The van der Waals surface area contributed by atoms with E-state index in [4.69, 9.17) is 10.8 Å². The quantitative estimate of drug-likeness (QED) is 0.263. The molecular formula is C14H19Br2N3. The van der Waals surface area contributed by atoms with Gasteiger partial charge in [0.2, 0.25) is 0 Å². The fraction of sp³-hybridized carbons (Fsp3) is 0.500. The molecule has 0 amide bonds. The third kappa shape index (κ3) is 4.58. The second kappa shape index (κ2) is 7.41. The van der Waals surface area contributed by atoms with Crippen molar-refractivity contribution in [2.24, 2.45) is 10.8 Å². The number of hydrazine groups is 1. The third-order valence-electron chi connectivity index (χ3n) is 3.41. The van der Waals surface area contributed by atoms with E-state index in [0.717, 1.165) is 20.3 Å². The van der Waals surface area contributed by atoms with E-state index in [-0.39, 0.29) is 0 Å². The van der Waals surface area contributed by atoms with E-state index >= 15 is 0 Å². The van der Waals surface area contributed by atoms with Gasteiger partial charge in [-0.25, -0.2) is 5.84 Å². The van der Waals surface area contributed by atoms with Crippen LogP contribution in [0.5, 0.6) is 0 Å². The van der Waals surface area contributed by atoms with Gasteiger partial charge in [0, 0.05) is 14.5 Å². The Morgan fingerprint density at radius 1 is 1.05 bits per heavy atom. The molecule has 3 N–H and O–H groups in total. The summed E-state index contributed by atoms with van der Waals surface area (Å²) in [5.74, 6) is 6.42. The maximum atomic E-state index is 5.65. The summed E-state index contributed by atoms with van der Waals surface area (Å²) in [4.78, 5) is 4.81. The van der Waals surface area contributed by atoms with E-state index < -0.39 is 0 Å². The molecule has 0 aromatic heterocycles. The summed E-state index contributed by atoms with van der Waals surface area (Å²) < 4.78 is 2.03. The summed E-state index contributed by atoms with van der Waals surface area (Å²) in [5.41, 5.74) is 3.76. The predicted octanol–water partition coefficient (Wildman–Crippen LogP) is 4.14. The van der Waals surface area contributed by atoms with Crippen LogP contribution in [0.15, 0.2) is 32.1 Å². The lowest BCUT2D eigenvalue weighted by molar-refractivity contribution is 0.583. The van der Waals surface area contributed by atoms with Crippen LogP contribution in [0.1, 0.15) is 44.1 Å². The standard InChI is InChI=1S/C14H19Br2N3/c15-11-7-10(8-12(16)9-11)14(19-17)18-13-5-3-1-2-4-6-13/h7-9,13H,1-6,17H2,(H,18,19). The van der Waals surface area contributed by atoms with Crippen molar-refractivity contribution in [1.82, 2.24) is 5.43 Å². The number of hydrogen-bond donors (Lipinski definition) is 2. The number of benzene rings is 1. The van der Waals surface area contributed by atoms with Crippen molar-refractivity contribution in [3.05, 3.63) is 32.7 Å². The first-order valence-corrected chi connectivity index (χ1v) is 8.28. The van der Waals surface area contributed by atoms with E-state index in [1.54, 1.807) is 0 Å². The first kappa shape index (κ1) is 15.0. The van der Waals surface area contributed by atoms with Crippen LogP contribution in [-0.2, 0) is 0 Å². The largest absolute Gasteiger partial charge is 0.308 e. The molecule has 104 valence electrons. The Hall–Kier alpha value is -0.390. The van der Waals surface area contributed by atoms with Crippen molar-refractivity contribution in [2.45, 2.75) is 44.6 Å². The molecule has 5 heteroatoms. The average Bonchev–Trinajstić information content (AvgIpc) is 2.63. The molecule has 0 heterocycles. The highest BCUT2D eigenvalue weighted by molar-refractivity contribution is 9.11. The molecule has 1 aliphatic carbocycles. The topological polar surface area (TPSA) is 50.4 Å². The Kier molecular flexibility index (Phi) is 5.85. The zero-order valence-corrected chi connectivity index (χ0v) is 14.0. The van der Waals surface area contributed by atoms with E-state index in [9.17, 15) is 0 Å². The molecule has 1 aromatic carbocycles. The van der Waals surface area contributed by atoms with Gasteiger partial charge in [-0.15, -0.1) is 0 Å². The highest BCUT2D eigenvalue weighted by Crippen LogP contribution is 2.23. The number of aliphatic imine (C=N–C) groups is 1. The van der Waals surface area contributed by atoms with E-state index in [1.807, 2.05) is 18.2 Å².